The van der Waals surface area contributed by atoms with E-state index in [0.717, 1.165) is 4.68 Å². The Morgan fingerprint density at radius 1 is 1.38 bits per heavy atom. The number of aliphatic hydroxyl groups is 1. The Hall–Kier alpha value is -2.86. The third-order valence-corrected chi connectivity index (χ3v) is 4.77. The van der Waals surface area contributed by atoms with Crippen molar-refractivity contribution in [2.24, 2.45) is 5.41 Å². The predicted molar refractivity (Wildman–Crippen MR) is 99.9 cm³/mol. The first kappa shape index (κ1) is 20.9. The van der Waals surface area contributed by atoms with Gasteiger partial charge in [0.05, 0.1) is 34.3 Å². The topological polar surface area (TPSA) is 90.9 Å². The van der Waals surface area contributed by atoms with Crippen LogP contribution in [0.1, 0.15) is 54.5 Å². The highest BCUT2D eigenvalue weighted by Crippen LogP contribution is 2.42. The Morgan fingerprint density at radius 2 is 2.07 bits per heavy atom. The number of aromatic nitrogens is 2. The molecule has 1 aliphatic rings. The number of carbonyl (C=O) groups is 1. The van der Waals surface area contributed by atoms with Gasteiger partial charge in [0.2, 0.25) is 0 Å². The van der Waals surface area contributed by atoms with Crippen molar-refractivity contribution in [3.05, 3.63) is 40.7 Å². The molecule has 0 saturated heterocycles. The summed E-state index contributed by atoms with van der Waals surface area (Å²) < 4.78 is 41.8. The van der Waals surface area contributed by atoms with Crippen LogP contribution in [0.3, 0.4) is 0 Å². The molecule has 2 N–H and O–H groups in total. The molecular weight excluding hydrogens is 385 g/mol. The molecule has 0 amide bonds. The second-order valence-corrected chi connectivity index (χ2v) is 8.09. The summed E-state index contributed by atoms with van der Waals surface area (Å²) in [5.74, 6) is -0.573. The Kier molecular flexibility index (Phi) is 5.17. The molecule has 1 aliphatic carbocycles. The van der Waals surface area contributed by atoms with Crippen LogP contribution in [-0.2, 0) is 12.6 Å². The lowest BCUT2D eigenvalue weighted by Gasteiger charge is -2.29. The number of nitrogens with one attached hydrogen (secondary N) is 1. The van der Waals surface area contributed by atoms with Crippen LogP contribution in [0.25, 0.3) is 5.69 Å². The maximum absolute atomic E-state index is 13.6. The molecular formula is C20H21F3N4O2. The number of ketones is 1. The Labute approximate surface area is 165 Å². The summed E-state index contributed by atoms with van der Waals surface area (Å²) in [7, 11) is 0. The van der Waals surface area contributed by atoms with Crippen LogP contribution >= 0.6 is 0 Å². The van der Waals surface area contributed by atoms with Crippen molar-refractivity contribution < 1.29 is 23.1 Å². The molecule has 1 unspecified atom stereocenters. The van der Waals surface area contributed by atoms with Crippen molar-refractivity contribution in [1.82, 2.24) is 9.78 Å². The zero-order valence-corrected chi connectivity index (χ0v) is 16.3. The minimum absolute atomic E-state index is 0.0172. The van der Waals surface area contributed by atoms with Crippen LogP contribution in [0.15, 0.2) is 18.2 Å². The number of alkyl halides is 3. The third-order valence-electron chi connectivity index (χ3n) is 4.77. The highest BCUT2D eigenvalue weighted by atomic mass is 19.4. The molecule has 2 aromatic rings. The number of benzene rings is 1. The van der Waals surface area contributed by atoms with Crippen molar-refractivity contribution in [3.8, 4) is 11.8 Å². The van der Waals surface area contributed by atoms with Crippen LogP contribution in [-0.4, -0.2) is 33.3 Å². The van der Waals surface area contributed by atoms with Crippen molar-refractivity contribution in [2.75, 3.05) is 11.9 Å². The molecule has 0 fully saturated rings. The lowest BCUT2D eigenvalue weighted by atomic mass is 9.75. The normalized spacial score (nSPS) is 16.8. The van der Waals surface area contributed by atoms with E-state index in [1.54, 1.807) is 6.92 Å². The molecule has 29 heavy (non-hydrogen) atoms. The van der Waals surface area contributed by atoms with Crippen LogP contribution < -0.4 is 5.32 Å². The molecule has 1 aromatic carbocycles. The molecule has 1 atom stereocenters. The SMILES string of the molecule is CC(O)CNc1cc(-n2nc(C(F)(F)F)c3c2CC(C)(C)CC3=O)ccc1C#N. The van der Waals surface area contributed by atoms with Gasteiger partial charge in [-0.2, -0.15) is 23.5 Å². The first-order valence-electron chi connectivity index (χ1n) is 9.12. The van der Waals surface area contributed by atoms with Gasteiger partial charge in [0.15, 0.2) is 11.5 Å². The standard InChI is InChI=1S/C20H21F3N4O2/c1-11(28)10-25-14-6-13(5-4-12(14)9-24)27-15-7-19(2,3)8-16(29)17(15)18(26-27)20(21,22)23/h4-6,11,25,28H,7-8,10H2,1-3H3. The average molecular weight is 406 g/mol. The van der Waals surface area contributed by atoms with E-state index in [9.17, 15) is 28.3 Å². The zero-order chi connectivity index (χ0) is 21.6. The molecule has 0 aliphatic heterocycles. The van der Waals surface area contributed by atoms with Crippen molar-refractivity contribution >= 4 is 11.5 Å². The second kappa shape index (κ2) is 7.19. The smallest absolute Gasteiger partial charge is 0.392 e. The first-order valence-corrected chi connectivity index (χ1v) is 9.12. The van der Waals surface area contributed by atoms with Gasteiger partial charge in [0.25, 0.3) is 0 Å². The monoisotopic (exact) mass is 406 g/mol. The fourth-order valence-electron chi connectivity index (χ4n) is 3.53. The highest BCUT2D eigenvalue weighted by molar-refractivity contribution is 6.00. The van der Waals surface area contributed by atoms with Crippen molar-refractivity contribution in [2.45, 2.75) is 45.9 Å². The number of Topliss-reactive ketones (excluding diaryl/α,β-unsaturated/α-hetero) is 1. The van der Waals surface area contributed by atoms with Gasteiger partial charge in [-0.1, -0.05) is 13.8 Å². The van der Waals surface area contributed by atoms with E-state index in [0.29, 0.717) is 11.4 Å². The highest BCUT2D eigenvalue weighted by Gasteiger charge is 2.45. The van der Waals surface area contributed by atoms with Gasteiger partial charge in [0.1, 0.15) is 6.07 Å². The summed E-state index contributed by atoms with van der Waals surface area (Å²) in [5.41, 5.74) is -0.896. The minimum atomic E-state index is -4.76. The van der Waals surface area contributed by atoms with Gasteiger partial charge < -0.3 is 10.4 Å². The predicted octanol–water partition coefficient (Wildman–Crippen LogP) is 3.71. The quantitative estimate of drug-likeness (QED) is 0.808. The molecule has 9 heteroatoms. The molecule has 6 nitrogen and oxygen atoms in total. The van der Waals surface area contributed by atoms with Gasteiger partial charge in [-0.25, -0.2) is 4.68 Å². The van der Waals surface area contributed by atoms with Crippen LogP contribution in [0.4, 0.5) is 18.9 Å². The average Bonchev–Trinajstić information content (AvgIpc) is 2.98. The summed E-state index contributed by atoms with van der Waals surface area (Å²) in [6.07, 6.45) is -5.17. The Bertz CT molecular complexity index is 1000. The zero-order valence-electron chi connectivity index (χ0n) is 16.3. The van der Waals surface area contributed by atoms with E-state index in [4.69, 9.17) is 0 Å². The number of aliphatic hydroxyl groups excluding tert-OH is 1. The van der Waals surface area contributed by atoms with E-state index in [1.165, 1.54) is 18.2 Å². The largest absolute Gasteiger partial charge is 0.435 e. The molecule has 1 heterocycles. The summed E-state index contributed by atoms with van der Waals surface area (Å²) in [5, 5.41) is 25.4. The molecule has 3 rings (SSSR count). The fraction of sp³-hybridized carbons (Fsp3) is 0.450. The van der Waals surface area contributed by atoms with Crippen LogP contribution in [0, 0.1) is 16.7 Å². The lowest BCUT2D eigenvalue weighted by Crippen LogP contribution is -2.29. The number of rotatable bonds is 4. The van der Waals surface area contributed by atoms with E-state index < -0.39 is 29.2 Å². The molecule has 0 radical (unpaired) electrons. The minimum Gasteiger partial charge on any atom is -0.392 e. The number of halogens is 3. The molecule has 154 valence electrons. The number of hydrogen-bond acceptors (Lipinski definition) is 5. The number of nitrogens with zero attached hydrogens (tertiary/aromatic N) is 3. The molecule has 0 saturated carbocycles. The Balaban J connectivity index is 2.18. The summed E-state index contributed by atoms with van der Waals surface area (Å²) in [6, 6.07) is 6.46. The van der Waals surface area contributed by atoms with Crippen LogP contribution in [0.2, 0.25) is 0 Å². The van der Waals surface area contributed by atoms with Crippen LogP contribution in [0.5, 0.6) is 0 Å². The number of anilines is 1. The lowest BCUT2D eigenvalue weighted by molar-refractivity contribution is -0.141. The van der Waals surface area contributed by atoms with E-state index in [-0.39, 0.29) is 36.2 Å². The van der Waals surface area contributed by atoms with Gasteiger partial charge >= 0.3 is 6.18 Å². The van der Waals surface area contributed by atoms with Crippen molar-refractivity contribution in [3.63, 3.8) is 0 Å². The van der Waals surface area contributed by atoms with E-state index in [1.807, 2.05) is 19.9 Å². The van der Waals surface area contributed by atoms with E-state index >= 15 is 0 Å². The third kappa shape index (κ3) is 4.12. The second-order valence-electron chi connectivity index (χ2n) is 8.09. The first-order chi connectivity index (χ1) is 13.4. The number of carbonyl (C=O) groups excluding carboxylic acids is 1. The molecule has 1 aromatic heterocycles. The summed E-state index contributed by atoms with van der Waals surface area (Å²) in [4.78, 5) is 12.5. The summed E-state index contributed by atoms with van der Waals surface area (Å²) >= 11 is 0. The summed E-state index contributed by atoms with van der Waals surface area (Å²) in [6.45, 7) is 5.38. The maximum Gasteiger partial charge on any atom is 0.435 e. The van der Waals surface area contributed by atoms with Gasteiger partial charge in [-0.15, -0.1) is 0 Å². The van der Waals surface area contributed by atoms with Gasteiger partial charge in [-0.05, 0) is 37.0 Å². The molecule has 0 spiro atoms. The molecule has 0 bridgehead atoms. The number of hydrogen-bond donors (Lipinski definition) is 2. The fourth-order valence-corrected chi connectivity index (χ4v) is 3.53. The maximum atomic E-state index is 13.6. The number of nitriles is 1. The Morgan fingerprint density at radius 3 is 2.66 bits per heavy atom. The number of fused-ring (bicyclic) bond motifs is 1. The van der Waals surface area contributed by atoms with E-state index in [2.05, 4.69) is 10.4 Å². The van der Waals surface area contributed by atoms with Gasteiger partial charge in [-0.3, -0.25) is 4.79 Å². The van der Waals surface area contributed by atoms with Gasteiger partial charge in [0, 0.05) is 13.0 Å². The van der Waals surface area contributed by atoms with Crippen molar-refractivity contribution in [1.29, 1.82) is 5.26 Å².